The highest BCUT2D eigenvalue weighted by Gasteiger charge is 2.35. The van der Waals surface area contributed by atoms with E-state index >= 15 is 0 Å². The van der Waals surface area contributed by atoms with Gasteiger partial charge in [0.1, 0.15) is 0 Å². The average molecular weight is 341 g/mol. The Labute approximate surface area is 144 Å². The number of allylic oxidation sites excluding steroid dienone is 2. The minimum absolute atomic E-state index is 0.0434. The van der Waals surface area contributed by atoms with E-state index in [-0.39, 0.29) is 11.8 Å². The van der Waals surface area contributed by atoms with Gasteiger partial charge in [0.25, 0.3) is 5.91 Å². The second-order valence-corrected chi connectivity index (χ2v) is 7.66. The number of anilines is 1. The Morgan fingerprint density at radius 3 is 2.88 bits per heavy atom. The van der Waals surface area contributed by atoms with Crippen LogP contribution in [0.3, 0.4) is 0 Å². The molecule has 0 radical (unpaired) electrons. The Morgan fingerprint density at radius 1 is 1.29 bits per heavy atom. The van der Waals surface area contributed by atoms with Crippen LogP contribution < -0.4 is 10.6 Å². The topological polar surface area (TPSA) is 71.1 Å². The minimum Gasteiger partial charge on any atom is -0.352 e. The van der Waals surface area contributed by atoms with E-state index in [1.807, 2.05) is 12.1 Å². The maximum absolute atomic E-state index is 12.4. The number of nitrogens with one attached hydrogen (secondary N) is 2. The predicted octanol–water partition coefficient (Wildman–Crippen LogP) is 3.20. The van der Waals surface area contributed by atoms with Crippen molar-refractivity contribution in [2.24, 2.45) is 17.8 Å². The number of thiazole rings is 1. The van der Waals surface area contributed by atoms with Gasteiger partial charge in [-0.05, 0) is 48.8 Å². The van der Waals surface area contributed by atoms with E-state index in [1.54, 1.807) is 6.07 Å². The van der Waals surface area contributed by atoms with Gasteiger partial charge >= 0.3 is 0 Å². The smallest absolute Gasteiger partial charge is 0.251 e. The van der Waals surface area contributed by atoms with Crippen molar-refractivity contribution >= 4 is 38.5 Å². The molecule has 4 rings (SSSR count). The van der Waals surface area contributed by atoms with Crippen molar-refractivity contribution in [3.8, 4) is 0 Å². The molecule has 2 aliphatic carbocycles. The molecular weight excluding hydrogens is 322 g/mol. The van der Waals surface area contributed by atoms with Crippen molar-refractivity contribution in [3.05, 3.63) is 35.9 Å². The number of amides is 2. The number of hydrogen-bond donors (Lipinski definition) is 2. The van der Waals surface area contributed by atoms with E-state index < -0.39 is 0 Å². The van der Waals surface area contributed by atoms with Gasteiger partial charge in [-0.3, -0.25) is 9.59 Å². The summed E-state index contributed by atoms with van der Waals surface area (Å²) in [5.41, 5.74) is 1.43. The third-order valence-corrected chi connectivity index (χ3v) is 5.81. The van der Waals surface area contributed by atoms with Crippen molar-refractivity contribution in [2.45, 2.75) is 19.8 Å². The maximum Gasteiger partial charge on any atom is 0.251 e. The van der Waals surface area contributed by atoms with Crippen molar-refractivity contribution in [1.29, 1.82) is 0 Å². The van der Waals surface area contributed by atoms with Crippen LogP contribution in [0.4, 0.5) is 5.13 Å². The molecule has 1 saturated carbocycles. The lowest BCUT2D eigenvalue weighted by atomic mass is 9.93. The zero-order valence-corrected chi connectivity index (χ0v) is 14.2. The fraction of sp³-hybridized carbons (Fsp3) is 0.389. The zero-order chi connectivity index (χ0) is 16.7. The van der Waals surface area contributed by atoms with Gasteiger partial charge in [0.05, 0.1) is 10.2 Å². The molecular formula is C18H19N3O2S. The molecule has 1 fully saturated rings. The molecule has 5 nitrogen and oxygen atoms in total. The summed E-state index contributed by atoms with van der Waals surface area (Å²) in [6.45, 7) is 2.19. The summed E-state index contributed by atoms with van der Waals surface area (Å²) in [6.07, 6.45) is 7.06. The minimum atomic E-state index is -0.146. The number of hydrogen-bond acceptors (Lipinski definition) is 4. The highest BCUT2D eigenvalue weighted by Crippen LogP contribution is 2.42. The Kier molecular flexibility index (Phi) is 3.84. The molecule has 0 aliphatic heterocycles. The summed E-state index contributed by atoms with van der Waals surface area (Å²) in [4.78, 5) is 27.9. The summed E-state index contributed by atoms with van der Waals surface area (Å²) in [5.74, 6) is 1.74. The van der Waals surface area contributed by atoms with E-state index in [9.17, 15) is 9.59 Å². The summed E-state index contributed by atoms with van der Waals surface area (Å²) < 4.78 is 0.897. The van der Waals surface area contributed by atoms with E-state index in [1.165, 1.54) is 31.1 Å². The van der Waals surface area contributed by atoms with Crippen LogP contribution in [0, 0.1) is 17.8 Å². The highest BCUT2D eigenvalue weighted by molar-refractivity contribution is 7.22. The van der Waals surface area contributed by atoms with E-state index in [0.717, 1.165) is 22.7 Å². The van der Waals surface area contributed by atoms with Crippen molar-refractivity contribution in [3.63, 3.8) is 0 Å². The quantitative estimate of drug-likeness (QED) is 0.839. The fourth-order valence-electron chi connectivity index (χ4n) is 3.73. The van der Waals surface area contributed by atoms with Crippen LogP contribution >= 0.6 is 11.3 Å². The van der Waals surface area contributed by atoms with Crippen molar-refractivity contribution in [2.75, 3.05) is 11.9 Å². The zero-order valence-electron chi connectivity index (χ0n) is 13.4. The second kappa shape index (κ2) is 6.02. The number of rotatable bonds is 4. The molecule has 2 aromatic rings. The van der Waals surface area contributed by atoms with Crippen molar-refractivity contribution in [1.82, 2.24) is 10.3 Å². The molecule has 0 spiro atoms. The van der Waals surface area contributed by atoms with Crippen LogP contribution in [0.15, 0.2) is 30.4 Å². The molecule has 1 aromatic heterocycles. The van der Waals surface area contributed by atoms with Gasteiger partial charge in [0.15, 0.2) is 5.13 Å². The van der Waals surface area contributed by atoms with E-state index in [4.69, 9.17) is 0 Å². The Hall–Kier alpha value is -2.21. The molecule has 2 amide bonds. The van der Waals surface area contributed by atoms with Gasteiger partial charge in [0.2, 0.25) is 5.91 Å². The number of benzene rings is 1. The lowest BCUT2D eigenvalue weighted by Gasteiger charge is -2.18. The number of fused-ring (bicyclic) bond motifs is 3. The molecule has 0 saturated heterocycles. The number of aromatic nitrogens is 1. The van der Waals surface area contributed by atoms with Crippen LogP contribution in [-0.4, -0.2) is 23.3 Å². The Bertz CT molecular complexity index is 842. The molecule has 1 heterocycles. The number of carbonyl (C=O) groups excluding carboxylic acids is 2. The van der Waals surface area contributed by atoms with Gasteiger partial charge in [-0.1, -0.05) is 23.5 Å². The lowest BCUT2D eigenvalue weighted by Crippen LogP contribution is -2.30. The molecule has 2 bridgehead atoms. The summed E-state index contributed by atoms with van der Waals surface area (Å²) in [6, 6.07) is 5.45. The molecule has 2 aliphatic rings. The summed E-state index contributed by atoms with van der Waals surface area (Å²) in [5, 5.41) is 6.31. The highest BCUT2D eigenvalue weighted by atomic mass is 32.1. The molecule has 2 N–H and O–H groups in total. The third-order valence-electron chi connectivity index (χ3n) is 4.87. The first-order valence-electron chi connectivity index (χ1n) is 8.23. The maximum atomic E-state index is 12.4. The van der Waals surface area contributed by atoms with Gasteiger partial charge in [-0.25, -0.2) is 4.98 Å². The first-order chi connectivity index (χ1) is 11.6. The second-order valence-electron chi connectivity index (χ2n) is 6.63. The first-order valence-corrected chi connectivity index (χ1v) is 9.05. The molecule has 124 valence electrons. The molecule has 6 heteroatoms. The standard InChI is InChI=1S/C18H19N3O2S/c1-10(22)20-18-21-15-5-4-13(8-16(15)24-18)17(23)19-9-14-7-11-2-3-12(14)6-11/h2-5,8,11-12,14H,6-7,9H2,1H3,(H,19,23)(H,20,21,22)/t11-,12+,14+/m0/s1. The van der Waals surface area contributed by atoms with E-state index in [2.05, 4.69) is 27.8 Å². The average Bonchev–Trinajstić information content (AvgIpc) is 3.25. The van der Waals surface area contributed by atoms with Crippen LogP contribution in [-0.2, 0) is 4.79 Å². The van der Waals surface area contributed by atoms with Gasteiger partial charge in [0, 0.05) is 19.0 Å². The van der Waals surface area contributed by atoms with Crippen LogP contribution in [0.1, 0.15) is 30.1 Å². The molecule has 1 aromatic carbocycles. The van der Waals surface area contributed by atoms with Crippen LogP contribution in [0.5, 0.6) is 0 Å². The summed E-state index contributed by atoms with van der Waals surface area (Å²) in [7, 11) is 0. The fourth-order valence-corrected chi connectivity index (χ4v) is 4.68. The molecule has 3 atom stereocenters. The normalized spacial score (nSPS) is 24.5. The largest absolute Gasteiger partial charge is 0.352 e. The van der Waals surface area contributed by atoms with E-state index in [0.29, 0.717) is 22.5 Å². The number of carbonyl (C=O) groups is 2. The monoisotopic (exact) mass is 341 g/mol. The SMILES string of the molecule is CC(=O)Nc1nc2ccc(C(=O)NC[C@H]3C[C@H]4C=C[C@@H]3C4)cc2s1. The number of nitrogens with zero attached hydrogens (tertiary/aromatic N) is 1. The van der Waals surface area contributed by atoms with Crippen molar-refractivity contribution < 1.29 is 9.59 Å². The third kappa shape index (κ3) is 2.94. The van der Waals surface area contributed by atoms with Gasteiger partial charge < -0.3 is 10.6 Å². The first kappa shape index (κ1) is 15.3. The lowest BCUT2D eigenvalue weighted by molar-refractivity contribution is -0.114. The Morgan fingerprint density at radius 2 is 2.17 bits per heavy atom. The summed E-state index contributed by atoms with van der Waals surface area (Å²) >= 11 is 1.38. The molecule has 24 heavy (non-hydrogen) atoms. The molecule has 0 unspecified atom stereocenters. The predicted molar refractivity (Wildman–Crippen MR) is 95.1 cm³/mol. The van der Waals surface area contributed by atoms with Gasteiger partial charge in [-0.2, -0.15) is 0 Å². The van der Waals surface area contributed by atoms with Crippen LogP contribution in [0.2, 0.25) is 0 Å². The van der Waals surface area contributed by atoms with Crippen LogP contribution in [0.25, 0.3) is 10.2 Å². The Balaban J connectivity index is 1.44. The van der Waals surface area contributed by atoms with Gasteiger partial charge in [-0.15, -0.1) is 0 Å².